The van der Waals surface area contributed by atoms with Crippen molar-refractivity contribution >= 4 is 23.6 Å². The van der Waals surface area contributed by atoms with E-state index in [2.05, 4.69) is 42.7 Å². The Morgan fingerprint density at radius 1 is 1.21 bits per heavy atom. The van der Waals surface area contributed by atoms with Gasteiger partial charge in [0.15, 0.2) is 5.96 Å². The minimum Gasteiger partial charge on any atom is -0.356 e. The summed E-state index contributed by atoms with van der Waals surface area (Å²) in [6.45, 7) is 8.29. The number of likely N-dealkylation sites (N-methyl/N-ethyl adjacent to an activating group) is 1. The van der Waals surface area contributed by atoms with Crippen molar-refractivity contribution in [1.82, 2.24) is 15.5 Å². The number of nitrogens with zero attached hydrogens (tertiary/aromatic N) is 2. The van der Waals surface area contributed by atoms with Gasteiger partial charge in [-0.25, -0.2) is 4.99 Å². The van der Waals surface area contributed by atoms with E-state index in [0.717, 1.165) is 13.1 Å². The lowest BCUT2D eigenvalue weighted by atomic mass is 10.2. The molecule has 0 aliphatic carbocycles. The SMILES string of the molecule is CSC(C)CNC(=NCC(=O)N(C)C)NCC(C)C. The number of carbonyl (C=O) groups excluding carboxylic acids is 1. The van der Waals surface area contributed by atoms with Crippen molar-refractivity contribution in [2.45, 2.75) is 26.0 Å². The normalized spacial score (nSPS) is 13.3. The van der Waals surface area contributed by atoms with Gasteiger partial charge in [0, 0.05) is 32.4 Å². The maximum absolute atomic E-state index is 11.5. The predicted octanol–water partition coefficient (Wildman–Crippen LogP) is 1.02. The second kappa shape index (κ2) is 9.95. The molecule has 1 unspecified atom stereocenters. The highest BCUT2D eigenvalue weighted by Crippen LogP contribution is 2.02. The molecular weight excluding hydrogens is 260 g/mol. The highest BCUT2D eigenvalue weighted by atomic mass is 32.2. The zero-order valence-corrected chi connectivity index (χ0v) is 13.8. The Hall–Kier alpha value is -0.910. The zero-order valence-electron chi connectivity index (χ0n) is 13.0. The fourth-order valence-electron chi connectivity index (χ4n) is 1.09. The number of nitrogens with one attached hydrogen (secondary N) is 2. The van der Waals surface area contributed by atoms with Gasteiger partial charge in [-0.1, -0.05) is 20.8 Å². The summed E-state index contributed by atoms with van der Waals surface area (Å²) in [5.41, 5.74) is 0. The van der Waals surface area contributed by atoms with Crippen LogP contribution in [0.2, 0.25) is 0 Å². The van der Waals surface area contributed by atoms with Crippen LogP contribution in [0, 0.1) is 5.92 Å². The standard InChI is InChI=1S/C13H28N4OS/c1-10(2)7-14-13(15-8-11(3)19-6)16-9-12(18)17(4)5/h10-11H,7-9H2,1-6H3,(H2,14,15,16). The maximum atomic E-state index is 11.5. The summed E-state index contributed by atoms with van der Waals surface area (Å²) >= 11 is 1.80. The molecule has 19 heavy (non-hydrogen) atoms. The largest absolute Gasteiger partial charge is 0.356 e. The molecule has 0 radical (unpaired) electrons. The lowest BCUT2D eigenvalue weighted by Gasteiger charge is -2.16. The molecule has 1 atom stereocenters. The first-order chi connectivity index (χ1) is 8.86. The lowest BCUT2D eigenvalue weighted by Crippen LogP contribution is -2.42. The molecule has 0 fully saturated rings. The minimum absolute atomic E-state index is 0.00330. The summed E-state index contributed by atoms with van der Waals surface area (Å²) in [6.07, 6.45) is 2.08. The molecule has 0 aromatic carbocycles. The van der Waals surface area contributed by atoms with Crippen LogP contribution in [0.4, 0.5) is 0 Å². The van der Waals surface area contributed by atoms with E-state index < -0.39 is 0 Å². The van der Waals surface area contributed by atoms with E-state index in [1.54, 1.807) is 30.8 Å². The smallest absolute Gasteiger partial charge is 0.243 e. The number of rotatable bonds is 7. The van der Waals surface area contributed by atoms with Gasteiger partial charge in [0.05, 0.1) is 0 Å². The van der Waals surface area contributed by atoms with E-state index in [9.17, 15) is 4.79 Å². The first kappa shape index (κ1) is 18.1. The number of hydrogen-bond acceptors (Lipinski definition) is 3. The van der Waals surface area contributed by atoms with Crippen molar-refractivity contribution in [3.63, 3.8) is 0 Å². The monoisotopic (exact) mass is 288 g/mol. The molecule has 0 aliphatic heterocycles. The Labute approximate surface area is 121 Å². The molecule has 0 aromatic rings. The average Bonchev–Trinajstić information content (AvgIpc) is 2.36. The number of amides is 1. The van der Waals surface area contributed by atoms with E-state index in [1.165, 1.54) is 0 Å². The Morgan fingerprint density at radius 3 is 2.26 bits per heavy atom. The van der Waals surface area contributed by atoms with Gasteiger partial charge in [0.1, 0.15) is 6.54 Å². The van der Waals surface area contributed by atoms with Crippen LogP contribution in [0.1, 0.15) is 20.8 Å². The minimum atomic E-state index is 0.00330. The van der Waals surface area contributed by atoms with Crippen LogP contribution >= 0.6 is 11.8 Å². The second-order valence-electron chi connectivity index (χ2n) is 5.15. The third-order valence-corrected chi connectivity index (χ3v) is 3.48. The van der Waals surface area contributed by atoms with E-state index in [1.807, 2.05) is 0 Å². The van der Waals surface area contributed by atoms with E-state index in [-0.39, 0.29) is 12.5 Å². The highest BCUT2D eigenvalue weighted by Gasteiger charge is 2.06. The fourth-order valence-corrected chi connectivity index (χ4v) is 1.34. The highest BCUT2D eigenvalue weighted by molar-refractivity contribution is 7.99. The van der Waals surface area contributed by atoms with Crippen LogP contribution in [0.25, 0.3) is 0 Å². The Morgan fingerprint density at radius 2 is 1.79 bits per heavy atom. The molecule has 0 bridgehead atoms. The van der Waals surface area contributed by atoms with Gasteiger partial charge in [-0.3, -0.25) is 4.79 Å². The molecule has 0 rings (SSSR count). The van der Waals surface area contributed by atoms with Crippen molar-refractivity contribution < 1.29 is 4.79 Å². The molecule has 0 spiro atoms. The van der Waals surface area contributed by atoms with Crippen molar-refractivity contribution in [1.29, 1.82) is 0 Å². The van der Waals surface area contributed by atoms with Gasteiger partial charge >= 0.3 is 0 Å². The molecular formula is C13H28N4OS. The van der Waals surface area contributed by atoms with Crippen molar-refractivity contribution in [3.8, 4) is 0 Å². The summed E-state index contributed by atoms with van der Waals surface area (Å²) in [5.74, 6) is 1.25. The molecule has 0 saturated carbocycles. The molecule has 6 heteroatoms. The number of carbonyl (C=O) groups is 1. The molecule has 112 valence electrons. The van der Waals surface area contributed by atoms with Crippen LogP contribution in [0.3, 0.4) is 0 Å². The molecule has 1 amide bonds. The van der Waals surface area contributed by atoms with Gasteiger partial charge in [0.2, 0.25) is 5.91 Å². The van der Waals surface area contributed by atoms with Gasteiger partial charge in [-0.15, -0.1) is 0 Å². The number of aliphatic imine (C=N–C) groups is 1. The summed E-state index contributed by atoms with van der Waals surface area (Å²) < 4.78 is 0. The van der Waals surface area contributed by atoms with Gasteiger partial charge in [0.25, 0.3) is 0 Å². The van der Waals surface area contributed by atoms with Gasteiger partial charge in [-0.05, 0) is 12.2 Å². The van der Waals surface area contributed by atoms with Gasteiger partial charge < -0.3 is 15.5 Å². The van der Waals surface area contributed by atoms with Crippen LogP contribution < -0.4 is 10.6 Å². The third kappa shape index (κ3) is 9.64. The first-order valence-electron chi connectivity index (χ1n) is 6.62. The summed E-state index contributed by atoms with van der Waals surface area (Å²) in [5, 5.41) is 7.03. The molecule has 0 saturated heterocycles. The molecule has 2 N–H and O–H groups in total. The number of guanidine groups is 1. The van der Waals surface area contributed by atoms with Crippen LogP contribution in [0.5, 0.6) is 0 Å². The number of hydrogen-bond donors (Lipinski definition) is 2. The first-order valence-corrected chi connectivity index (χ1v) is 7.90. The average molecular weight is 288 g/mol. The topological polar surface area (TPSA) is 56.7 Å². The Balaban J connectivity index is 4.38. The second-order valence-corrected chi connectivity index (χ2v) is 6.43. The lowest BCUT2D eigenvalue weighted by molar-refractivity contribution is -0.127. The summed E-state index contributed by atoms with van der Waals surface area (Å²) in [7, 11) is 3.48. The quantitative estimate of drug-likeness (QED) is 0.542. The fraction of sp³-hybridized carbons (Fsp3) is 0.846. The van der Waals surface area contributed by atoms with Crippen LogP contribution in [0.15, 0.2) is 4.99 Å². The van der Waals surface area contributed by atoms with Crippen molar-refractivity contribution in [2.24, 2.45) is 10.9 Å². The zero-order chi connectivity index (χ0) is 14.8. The molecule has 0 aromatic heterocycles. The summed E-state index contributed by atoms with van der Waals surface area (Å²) in [6, 6.07) is 0. The summed E-state index contributed by atoms with van der Waals surface area (Å²) in [4.78, 5) is 17.4. The van der Waals surface area contributed by atoms with E-state index in [0.29, 0.717) is 17.1 Å². The van der Waals surface area contributed by atoms with Crippen molar-refractivity contribution in [2.75, 3.05) is 40.0 Å². The third-order valence-electron chi connectivity index (χ3n) is 2.51. The maximum Gasteiger partial charge on any atom is 0.243 e. The Bertz CT molecular complexity index is 292. The Kier molecular flexibility index (Phi) is 9.47. The van der Waals surface area contributed by atoms with Crippen LogP contribution in [-0.4, -0.2) is 62.0 Å². The van der Waals surface area contributed by atoms with Crippen molar-refractivity contribution in [3.05, 3.63) is 0 Å². The van der Waals surface area contributed by atoms with E-state index in [4.69, 9.17) is 0 Å². The van der Waals surface area contributed by atoms with Gasteiger partial charge in [-0.2, -0.15) is 11.8 Å². The molecule has 0 heterocycles. The molecule has 5 nitrogen and oxygen atoms in total. The van der Waals surface area contributed by atoms with E-state index >= 15 is 0 Å². The molecule has 0 aliphatic rings. The predicted molar refractivity (Wildman–Crippen MR) is 84.8 cm³/mol. The number of thioether (sulfide) groups is 1. The van der Waals surface area contributed by atoms with Crippen LogP contribution in [-0.2, 0) is 4.79 Å².